The quantitative estimate of drug-likeness (QED) is 0.206. The zero-order valence-corrected chi connectivity index (χ0v) is 18.3. The molecule has 9 heteroatoms. The number of rotatable bonds is 11. The van der Waals surface area contributed by atoms with Crippen LogP contribution in [0.15, 0.2) is 4.99 Å². The second-order valence-electron chi connectivity index (χ2n) is 6.23. The van der Waals surface area contributed by atoms with Gasteiger partial charge >= 0.3 is 6.18 Å². The van der Waals surface area contributed by atoms with E-state index in [1.54, 1.807) is 7.05 Å². The molecule has 152 valence electrons. The van der Waals surface area contributed by atoms with E-state index in [2.05, 4.69) is 53.0 Å². The summed E-state index contributed by atoms with van der Waals surface area (Å²) in [5.74, 6) is 0.659. The van der Waals surface area contributed by atoms with Gasteiger partial charge in [0, 0.05) is 45.4 Å². The third-order valence-electron chi connectivity index (χ3n) is 3.46. The van der Waals surface area contributed by atoms with Crippen LogP contribution in [0.25, 0.3) is 0 Å². The lowest BCUT2D eigenvalue weighted by atomic mass is 10.2. The first-order valence-electron chi connectivity index (χ1n) is 8.52. The van der Waals surface area contributed by atoms with Crippen LogP contribution in [-0.2, 0) is 4.74 Å². The summed E-state index contributed by atoms with van der Waals surface area (Å²) in [6.07, 6.45) is -2.78. The van der Waals surface area contributed by atoms with Gasteiger partial charge in [-0.2, -0.15) is 13.2 Å². The van der Waals surface area contributed by atoms with Crippen molar-refractivity contribution in [2.24, 2.45) is 4.99 Å². The topological polar surface area (TPSA) is 48.9 Å². The maximum Gasteiger partial charge on any atom is 0.411 e. The molecule has 0 unspecified atom stereocenters. The minimum Gasteiger partial charge on any atom is -0.372 e. The molecule has 0 aromatic rings. The number of guanidine groups is 1. The van der Waals surface area contributed by atoms with E-state index in [4.69, 9.17) is 0 Å². The molecule has 0 aliphatic rings. The highest BCUT2D eigenvalue weighted by Crippen LogP contribution is 2.14. The summed E-state index contributed by atoms with van der Waals surface area (Å²) in [7, 11) is 1.67. The van der Waals surface area contributed by atoms with Crippen molar-refractivity contribution in [2.45, 2.75) is 58.8 Å². The van der Waals surface area contributed by atoms with Crippen LogP contribution in [0.4, 0.5) is 13.2 Å². The molecule has 0 aliphatic carbocycles. The molecule has 0 spiro atoms. The van der Waals surface area contributed by atoms with Crippen molar-refractivity contribution in [3.63, 3.8) is 0 Å². The minimum atomic E-state index is -4.26. The average Bonchev–Trinajstić information content (AvgIpc) is 2.46. The lowest BCUT2D eigenvalue weighted by molar-refractivity contribution is -0.173. The maximum absolute atomic E-state index is 11.9. The van der Waals surface area contributed by atoms with E-state index in [1.165, 1.54) is 0 Å². The van der Waals surface area contributed by atoms with Crippen molar-refractivity contribution in [2.75, 3.05) is 39.9 Å². The van der Waals surface area contributed by atoms with Gasteiger partial charge in [0.05, 0.1) is 0 Å². The molecule has 0 bridgehead atoms. The van der Waals surface area contributed by atoms with Gasteiger partial charge in [-0.1, -0.05) is 0 Å². The van der Waals surface area contributed by atoms with Crippen molar-refractivity contribution >= 4 is 29.9 Å². The first-order chi connectivity index (χ1) is 11.2. The van der Waals surface area contributed by atoms with Gasteiger partial charge in [-0.05, 0) is 40.5 Å². The molecule has 5 nitrogen and oxygen atoms in total. The Kier molecular flexibility index (Phi) is 16.0. The number of nitrogens with zero attached hydrogens (tertiary/aromatic N) is 2. The predicted molar refractivity (Wildman–Crippen MR) is 108 cm³/mol. The lowest BCUT2D eigenvalue weighted by Crippen LogP contribution is -2.41. The van der Waals surface area contributed by atoms with E-state index in [-0.39, 0.29) is 30.6 Å². The maximum atomic E-state index is 11.9. The fourth-order valence-electron chi connectivity index (χ4n) is 2.37. The number of ether oxygens (including phenoxy) is 1. The van der Waals surface area contributed by atoms with E-state index >= 15 is 0 Å². The normalized spacial score (nSPS) is 12.7. The molecule has 0 aromatic carbocycles. The SMILES string of the molecule is CN=C(NCCCOCC(F)(F)F)NCCCN(C(C)C)C(C)C.I. The highest BCUT2D eigenvalue weighted by atomic mass is 127. The van der Waals surface area contributed by atoms with E-state index in [0.29, 0.717) is 31.0 Å². The number of halogens is 4. The summed E-state index contributed by atoms with van der Waals surface area (Å²) in [6.45, 7) is 9.95. The Labute approximate surface area is 167 Å². The second-order valence-corrected chi connectivity index (χ2v) is 6.23. The minimum absolute atomic E-state index is 0. The number of nitrogens with one attached hydrogen (secondary N) is 2. The number of hydrogen-bond acceptors (Lipinski definition) is 3. The number of hydrogen-bond donors (Lipinski definition) is 2. The average molecular weight is 482 g/mol. The summed E-state index contributed by atoms with van der Waals surface area (Å²) in [6, 6.07) is 1.03. The van der Waals surface area contributed by atoms with Crippen molar-refractivity contribution in [3.05, 3.63) is 0 Å². The smallest absolute Gasteiger partial charge is 0.372 e. The Morgan fingerprint density at radius 1 is 1.04 bits per heavy atom. The Hall–Kier alpha value is -0.290. The number of alkyl halides is 3. The van der Waals surface area contributed by atoms with Gasteiger partial charge in [-0.25, -0.2) is 0 Å². The summed E-state index contributed by atoms with van der Waals surface area (Å²) < 4.78 is 40.3. The van der Waals surface area contributed by atoms with E-state index in [9.17, 15) is 13.2 Å². The molecule has 0 rings (SSSR count). The van der Waals surface area contributed by atoms with Gasteiger partial charge in [0.2, 0.25) is 0 Å². The van der Waals surface area contributed by atoms with Crippen LogP contribution in [0.5, 0.6) is 0 Å². The molecule has 0 radical (unpaired) electrons. The highest BCUT2D eigenvalue weighted by Gasteiger charge is 2.27. The standard InChI is InChI=1S/C16H33F3N4O.HI/c1-13(2)23(14(3)4)10-6-8-21-15(20-5)22-9-7-11-24-12-16(17,18)19;/h13-14H,6-12H2,1-5H3,(H2,20,21,22);1H. The van der Waals surface area contributed by atoms with E-state index in [0.717, 1.165) is 19.5 Å². The fraction of sp³-hybridized carbons (Fsp3) is 0.938. The Bertz CT molecular complexity index is 345. The number of aliphatic imine (C=N–C) groups is 1. The summed E-state index contributed by atoms with van der Waals surface area (Å²) >= 11 is 0. The molecule has 25 heavy (non-hydrogen) atoms. The van der Waals surface area contributed by atoms with Crippen molar-refractivity contribution in [1.82, 2.24) is 15.5 Å². The summed E-state index contributed by atoms with van der Waals surface area (Å²) in [4.78, 5) is 6.52. The van der Waals surface area contributed by atoms with Crippen molar-refractivity contribution in [3.8, 4) is 0 Å². The molecule has 0 fully saturated rings. The second kappa shape index (κ2) is 14.8. The van der Waals surface area contributed by atoms with Crippen molar-refractivity contribution in [1.29, 1.82) is 0 Å². The molecule has 0 aliphatic heterocycles. The lowest BCUT2D eigenvalue weighted by Gasteiger charge is -2.30. The third kappa shape index (κ3) is 15.7. The molecular weight excluding hydrogens is 448 g/mol. The molecule has 0 saturated carbocycles. The first-order valence-corrected chi connectivity index (χ1v) is 8.52. The van der Waals surface area contributed by atoms with Crippen LogP contribution in [0, 0.1) is 0 Å². The van der Waals surface area contributed by atoms with Gasteiger partial charge < -0.3 is 15.4 Å². The van der Waals surface area contributed by atoms with Crippen LogP contribution in [-0.4, -0.2) is 69.0 Å². The first kappa shape index (κ1) is 26.9. The van der Waals surface area contributed by atoms with E-state index in [1.807, 2.05) is 0 Å². The molecule has 0 heterocycles. The third-order valence-corrected chi connectivity index (χ3v) is 3.46. The van der Waals surface area contributed by atoms with Gasteiger partial charge in [0.25, 0.3) is 0 Å². The van der Waals surface area contributed by atoms with Gasteiger partial charge in [-0.15, -0.1) is 24.0 Å². The van der Waals surface area contributed by atoms with Crippen LogP contribution in [0.3, 0.4) is 0 Å². The summed E-state index contributed by atoms with van der Waals surface area (Å²) in [5, 5.41) is 6.27. The summed E-state index contributed by atoms with van der Waals surface area (Å²) in [5.41, 5.74) is 0. The molecule has 2 N–H and O–H groups in total. The Morgan fingerprint density at radius 2 is 1.56 bits per heavy atom. The van der Waals surface area contributed by atoms with Gasteiger partial charge in [0.15, 0.2) is 5.96 Å². The monoisotopic (exact) mass is 482 g/mol. The predicted octanol–water partition coefficient (Wildman–Crippen LogP) is 3.25. The van der Waals surface area contributed by atoms with Crippen molar-refractivity contribution < 1.29 is 17.9 Å². The zero-order valence-electron chi connectivity index (χ0n) is 15.9. The zero-order chi connectivity index (χ0) is 18.6. The largest absolute Gasteiger partial charge is 0.411 e. The highest BCUT2D eigenvalue weighted by molar-refractivity contribution is 14.0. The van der Waals surface area contributed by atoms with E-state index < -0.39 is 12.8 Å². The Morgan fingerprint density at radius 3 is 2.00 bits per heavy atom. The van der Waals surface area contributed by atoms with Crippen LogP contribution >= 0.6 is 24.0 Å². The van der Waals surface area contributed by atoms with Crippen LogP contribution in [0.2, 0.25) is 0 Å². The molecular formula is C16H34F3IN4O. The molecule has 0 aromatic heterocycles. The fourth-order valence-corrected chi connectivity index (χ4v) is 2.37. The Balaban J connectivity index is 0. The van der Waals surface area contributed by atoms with Gasteiger partial charge in [0.1, 0.15) is 6.61 Å². The molecule has 0 amide bonds. The van der Waals surface area contributed by atoms with Gasteiger partial charge in [-0.3, -0.25) is 9.89 Å². The van der Waals surface area contributed by atoms with Crippen LogP contribution < -0.4 is 10.6 Å². The molecule has 0 saturated heterocycles. The molecule has 0 atom stereocenters. The van der Waals surface area contributed by atoms with Crippen LogP contribution in [0.1, 0.15) is 40.5 Å².